The molecule has 0 rings (SSSR count). The molecule has 0 saturated heterocycles. The van der Waals surface area contributed by atoms with E-state index in [9.17, 15) is 0 Å². The average Bonchev–Trinajstić information content (AvgIpc) is 0. The molecule has 4 heavy (non-hydrogen) atoms. The first-order chi connectivity index (χ1) is 0. The average molecular weight is 113 g/mol. The molecule has 0 aliphatic carbocycles. The molecule has 1 atom stereocenters. The van der Waals surface area contributed by atoms with Crippen LogP contribution in [0, 0.1) is 0 Å². The van der Waals surface area contributed by atoms with Gasteiger partial charge in [-0.3, -0.25) is 0 Å². The second-order valence-corrected chi connectivity index (χ2v) is 0. The molecule has 4 heteroatoms. The van der Waals surface area contributed by atoms with E-state index in [1.54, 1.807) is 0 Å². The van der Waals surface area contributed by atoms with Crippen molar-refractivity contribution in [2.24, 2.45) is 0 Å². The van der Waals surface area contributed by atoms with Gasteiger partial charge in [0.2, 0.25) is 0 Å². The van der Waals surface area contributed by atoms with E-state index < -0.39 is 0 Å². The van der Waals surface area contributed by atoms with Gasteiger partial charge in [0.15, 0.2) is 0 Å². The first-order valence-electron chi connectivity index (χ1n) is 0. The predicted octanol–water partition coefficient (Wildman–Crippen LogP) is -0.542. The number of rotatable bonds is 0. The van der Waals surface area contributed by atoms with Crippen molar-refractivity contribution >= 4 is 90.8 Å². The fraction of sp³-hybridized carbons (Fsp3) is 0. The molecule has 18 valence electrons. The molecule has 0 aromatic carbocycles. The van der Waals surface area contributed by atoms with Crippen molar-refractivity contribution in [3.63, 3.8) is 0 Å². The van der Waals surface area contributed by atoms with Crippen molar-refractivity contribution in [3.8, 4) is 0 Å². The third-order valence-corrected chi connectivity index (χ3v) is 0. The maximum atomic E-state index is 0. The summed E-state index contributed by atoms with van der Waals surface area (Å²) in [5.41, 5.74) is 0. The van der Waals surface area contributed by atoms with Crippen LogP contribution in [-0.2, 0) is 0 Å². The second kappa shape index (κ2) is 16.6. The molecule has 1 nitrogen and oxygen atoms in total. The Labute approximate surface area is 94.6 Å². The Morgan fingerprint density at radius 3 is 1.00 bits per heavy atom. The molecule has 0 heterocycles. The van der Waals surface area contributed by atoms with Gasteiger partial charge in [0.05, 0.1) is 0 Å². The summed E-state index contributed by atoms with van der Waals surface area (Å²) < 4.78 is 0. The van der Waals surface area contributed by atoms with Crippen molar-refractivity contribution < 1.29 is 0 Å². The summed E-state index contributed by atoms with van der Waals surface area (Å²) in [6.07, 6.45) is 0. The summed E-state index contributed by atoms with van der Waals surface area (Å²) in [7, 11) is 0. The fourth-order valence-electron chi connectivity index (χ4n) is 0. The fourth-order valence-corrected chi connectivity index (χ4v) is 0. The van der Waals surface area contributed by atoms with Crippen LogP contribution in [0.1, 0.15) is 0 Å². The van der Waals surface area contributed by atoms with Crippen LogP contribution in [-0.4, -0.2) is 80.9 Å². The summed E-state index contributed by atoms with van der Waals surface area (Å²) in [6.45, 7) is 0. The minimum Gasteiger partial charge on any atom is -0.344 e. The van der Waals surface area contributed by atoms with Gasteiger partial charge in [-0.15, -0.1) is 0 Å². The molecule has 2 radical (unpaired) electrons. The first-order valence-corrected chi connectivity index (χ1v) is 0. The summed E-state index contributed by atoms with van der Waals surface area (Å²) >= 11 is 0. The normalized spacial score (nSPS) is 0. The SMILES string of the molecule is N.P.[K].[Na]. The van der Waals surface area contributed by atoms with E-state index in [1.165, 1.54) is 0 Å². The van der Waals surface area contributed by atoms with Crippen LogP contribution in [0.15, 0.2) is 0 Å². The van der Waals surface area contributed by atoms with Crippen LogP contribution in [0.5, 0.6) is 0 Å². The van der Waals surface area contributed by atoms with Crippen molar-refractivity contribution in [1.29, 1.82) is 0 Å². The van der Waals surface area contributed by atoms with E-state index in [0.717, 1.165) is 0 Å². The predicted molar refractivity (Wildman–Crippen MR) is 27.6 cm³/mol. The van der Waals surface area contributed by atoms with Crippen molar-refractivity contribution in [3.05, 3.63) is 0 Å². The van der Waals surface area contributed by atoms with E-state index in [4.69, 9.17) is 0 Å². The summed E-state index contributed by atoms with van der Waals surface area (Å²) in [4.78, 5) is 0. The second-order valence-electron chi connectivity index (χ2n) is 0. The van der Waals surface area contributed by atoms with Crippen molar-refractivity contribution in [2.75, 3.05) is 0 Å². The minimum absolute atomic E-state index is 0. The molecule has 0 fully saturated rings. The maximum absolute atomic E-state index is 0. The molecule has 0 aliphatic heterocycles. The van der Waals surface area contributed by atoms with Gasteiger partial charge < -0.3 is 6.15 Å². The largest absolute Gasteiger partial charge is 0.344 e. The molecule has 0 spiro atoms. The zero-order valence-electron chi connectivity index (χ0n) is 3.41. The molecule has 1 unspecified atom stereocenters. The summed E-state index contributed by atoms with van der Waals surface area (Å²) in [5.74, 6) is 0. The monoisotopic (exact) mass is 113 g/mol. The zero-order valence-corrected chi connectivity index (χ0v) is 9.95. The van der Waals surface area contributed by atoms with Crippen molar-refractivity contribution in [1.82, 2.24) is 6.15 Å². The zero-order chi connectivity index (χ0) is 0. The van der Waals surface area contributed by atoms with Gasteiger partial charge in [-0.1, -0.05) is 0 Å². The van der Waals surface area contributed by atoms with E-state index >= 15 is 0 Å². The Kier molecular flexibility index (Phi) is 116. The molecule has 3 N–H and O–H groups in total. The molecule has 0 bridgehead atoms. The van der Waals surface area contributed by atoms with Crippen molar-refractivity contribution in [2.45, 2.75) is 0 Å². The smallest absolute Gasteiger partial charge is 0 e. The van der Waals surface area contributed by atoms with Crippen LogP contribution >= 0.6 is 9.90 Å². The third kappa shape index (κ3) is 8.90. The van der Waals surface area contributed by atoms with Gasteiger partial charge in [0.25, 0.3) is 0 Å². The Hall–Kier alpha value is 3.03. The Balaban J connectivity index is 0. The summed E-state index contributed by atoms with van der Waals surface area (Å²) in [6, 6.07) is 0. The van der Waals surface area contributed by atoms with E-state index in [0.29, 0.717) is 0 Å². The van der Waals surface area contributed by atoms with Crippen LogP contribution < -0.4 is 6.15 Å². The molecule has 0 amide bonds. The van der Waals surface area contributed by atoms with Gasteiger partial charge >= 0.3 is 0 Å². The standard InChI is InChI=1S/K.H3N.Na.H3P/h;1H3;;1H3. The Morgan fingerprint density at radius 1 is 1.00 bits per heavy atom. The van der Waals surface area contributed by atoms with Gasteiger partial charge in [-0.25, -0.2) is 0 Å². The number of hydrogen-bond acceptors (Lipinski definition) is 1. The van der Waals surface area contributed by atoms with Gasteiger partial charge in [-0.05, 0) is 0 Å². The van der Waals surface area contributed by atoms with Gasteiger partial charge in [-0.2, -0.15) is 9.90 Å². The van der Waals surface area contributed by atoms with Gasteiger partial charge in [0, 0.05) is 80.9 Å². The molecule has 0 saturated carbocycles. The third-order valence-electron chi connectivity index (χ3n) is 0. The Morgan fingerprint density at radius 2 is 1.00 bits per heavy atom. The molecule has 0 aliphatic rings. The first kappa shape index (κ1) is 27.9. The van der Waals surface area contributed by atoms with Crippen LogP contribution in [0.4, 0.5) is 0 Å². The summed E-state index contributed by atoms with van der Waals surface area (Å²) in [5, 5.41) is 0. The van der Waals surface area contributed by atoms with E-state index in [-0.39, 0.29) is 97.0 Å². The number of hydrogen-bond donors (Lipinski definition) is 1. The van der Waals surface area contributed by atoms with Gasteiger partial charge in [0.1, 0.15) is 0 Å². The van der Waals surface area contributed by atoms with E-state index in [1.807, 2.05) is 0 Å². The quantitative estimate of drug-likeness (QED) is 0.332. The van der Waals surface area contributed by atoms with Crippen LogP contribution in [0.2, 0.25) is 0 Å². The molecular weight excluding hydrogens is 107 g/mol. The molecule has 0 aromatic heterocycles. The Bertz CT molecular complexity index is 8.00. The molecular formula is H6KNNaP. The maximum Gasteiger partial charge on any atom is 0 e. The van der Waals surface area contributed by atoms with Crippen LogP contribution in [0.25, 0.3) is 0 Å². The van der Waals surface area contributed by atoms with E-state index in [2.05, 4.69) is 0 Å². The molecule has 0 aromatic rings. The minimum atomic E-state index is 0. The van der Waals surface area contributed by atoms with Crippen LogP contribution in [0.3, 0.4) is 0 Å². The topological polar surface area (TPSA) is 35.0 Å².